The van der Waals surface area contributed by atoms with Gasteiger partial charge in [-0.15, -0.1) is 0 Å². The quantitative estimate of drug-likeness (QED) is 0.544. The summed E-state index contributed by atoms with van der Waals surface area (Å²) in [5.41, 5.74) is 9.24. The molecule has 3 N–H and O–H groups in total. The second kappa shape index (κ2) is 4.87. The minimum absolute atomic E-state index is 0.858. The van der Waals surface area contributed by atoms with Gasteiger partial charge in [-0.3, -0.25) is 0 Å². The van der Waals surface area contributed by atoms with Crippen LogP contribution in [0.2, 0.25) is 0 Å². The van der Waals surface area contributed by atoms with E-state index in [0.717, 1.165) is 25.2 Å². The van der Waals surface area contributed by atoms with Crippen LogP contribution >= 0.6 is 0 Å². The Morgan fingerprint density at radius 3 is 2.85 bits per heavy atom. The van der Waals surface area contributed by atoms with Gasteiger partial charge in [-0.25, -0.2) is 0 Å². The molecule has 0 bridgehead atoms. The fourth-order valence-electron chi connectivity index (χ4n) is 1.36. The highest BCUT2D eigenvalue weighted by Gasteiger charge is 1.97. The maximum atomic E-state index is 5.71. The van der Waals surface area contributed by atoms with Crippen LogP contribution in [-0.4, -0.2) is 13.1 Å². The Kier molecular flexibility index (Phi) is 3.77. The van der Waals surface area contributed by atoms with E-state index >= 15 is 0 Å². The molecule has 13 heavy (non-hydrogen) atoms. The number of hydrogen-bond donors (Lipinski definition) is 2. The SMILES string of the molecule is CCNCCc1cc(N)ccc1C. The average molecular weight is 178 g/mol. The van der Waals surface area contributed by atoms with Crippen molar-refractivity contribution in [3.05, 3.63) is 29.3 Å². The van der Waals surface area contributed by atoms with Gasteiger partial charge >= 0.3 is 0 Å². The molecule has 0 atom stereocenters. The molecule has 0 radical (unpaired) electrons. The molecule has 0 heterocycles. The molecular weight excluding hydrogens is 160 g/mol. The van der Waals surface area contributed by atoms with Crippen molar-refractivity contribution < 1.29 is 0 Å². The number of hydrogen-bond acceptors (Lipinski definition) is 2. The number of rotatable bonds is 4. The minimum atomic E-state index is 0.858. The highest BCUT2D eigenvalue weighted by Crippen LogP contribution is 2.12. The molecule has 0 spiro atoms. The summed E-state index contributed by atoms with van der Waals surface area (Å²) in [6.45, 7) is 6.30. The Labute approximate surface area is 80.1 Å². The lowest BCUT2D eigenvalue weighted by Gasteiger charge is -2.06. The molecular formula is C11H18N2. The maximum absolute atomic E-state index is 5.71. The van der Waals surface area contributed by atoms with Crippen LogP contribution < -0.4 is 11.1 Å². The van der Waals surface area contributed by atoms with Crippen LogP contribution in [0.3, 0.4) is 0 Å². The number of nitrogens with one attached hydrogen (secondary N) is 1. The Hall–Kier alpha value is -1.02. The standard InChI is InChI=1S/C11H18N2/c1-3-13-7-6-10-8-11(12)5-4-9(10)2/h4-5,8,13H,3,6-7,12H2,1-2H3. The lowest BCUT2D eigenvalue weighted by atomic mass is 10.1. The number of benzene rings is 1. The molecule has 1 aromatic carbocycles. The third-order valence-electron chi connectivity index (χ3n) is 2.19. The molecule has 0 fully saturated rings. The lowest BCUT2D eigenvalue weighted by Crippen LogP contribution is -2.16. The van der Waals surface area contributed by atoms with E-state index in [4.69, 9.17) is 5.73 Å². The van der Waals surface area contributed by atoms with Crippen LogP contribution in [0.15, 0.2) is 18.2 Å². The number of anilines is 1. The van der Waals surface area contributed by atoms with Crippen LogP contribution in [0.4, 0.5) is 5.69 Å². The predicted octanol–water partition coefficient (Wildman–Crippen LogP) is 1.73. The Morgan fingerprint density at radius 1 is 1.38 bits per heavy atom. The van der Waals surface area contributed by atoms with E-state index in [1.165, 1.54) is 11.1 Å². The fraction of sp³-hybridized carbons (Fsp3) is 0.455. The smallest absolute Gasteiger partial charge is 0.0316 e. The van der Waals surface area contributed by atoms with E-state index in [9.17, 15) is 0 Å². The van der Waals surface area contributed by atoms with Crippen molar-refractivity contribution in [3.8, 4) is 0 Å². The van der Waals surface area contributed by atoms with Gasteiger partial charge < -0.3 is 11.1 Å². The van der Waals surface area contributed by atoms with Crippen LogP contribution in [0.25, 0.3) is 0 Å². The van der Waals surface area contributed by atoms with Gasteiger partial charge in [0.2, 0.25) is 0 Å². The zero-order valence-corrected chi connectivity index (χ0v) is 8.43. The monoisotopic (exact) mass is 178 g/mol. The van der Waals surface area contributed by atoms with E-state index in [1.54, 1.807) is 0 Å². The maximum Gasteiger partial charge on any atom is 0.0316 e. The van der Waals surface area contributed by atoms with Gasteiger partial charge in [-0.1, -0.05) is 13.0 Å². The van der Waals surface area contributed by atoms with E-state index in [1.807, 2.05) is 6.07 Å². The second-order valence-electron chi connectivity index (χ2n) is 3.29. The summed E-state index contributed by atoms with van der Waals surface area (Å²) < 4.78 is 0. The summed E-state index contributed by atoms with van der Waals surface area (Å²) >= 11 is 0. The third kappa shape index (κ3) is 3.07. The third-order valence-corrected chi connectivity index (χ3v) is 2.19. The van der Waals surface area contributed by atoms with Crippen molar-refractivity contribution in [1.82, 2.24) is 5.32 Å². The molecule has 0 aliphatic carbocycles. The Balaban J connectivity index is 2.59. The molecule has 0 saturated heterocycles. The number of nitrogen functional groups attached to an aromatic ring is 1. The summed E-state index contributed by atoms with van der Waals surface area (Å²) in [6, 6.07) is 6.09. The topological polar surface area (TPSA) is 38.0 Å². The van der Waals surface area contributed by atoms with Gasteiger partial charge in [-0.2, -0.15) is 0 Å². The van der Waals surface area contributed by atoms with Gasteiger partial charge in [0.1, 0.15) is 0 Å². The minimum Gasteiger partial charge on any atom is -0.399 e. The molecule has 1 aromatic rings. The van der Waals surface area contributed by atoms with E-state index < -0.39 is 0 Å². The molecule has 72 valence electrons. The van der Waals surface area contributed by atoms with Crippen molar-refractivity contribution in [2.45, 2.75) is 20.3 Å². The van der Waals surface area contributed by atoms with Crippen molar-refractivity contribution in [2.24, 2.45) is 0 Å². The summed E-state index contributed by atoms with van der Waals surface area (Å²) in [4.78, 5) is 0. The first-order valence-electron chi connectivity index (χ1n) is 4.79. The van der Waals surface area contributed by atoms with Crippen LogP contribution in [-0.2, 0) is 6.42 Å². The van der Waals surface area contributed by atoms with Crippen LogP contribution in [0.5, 0.6) is 0 Å². The molecule has 2 nitrogen and oxygen atoms in total. The first-order chi connectivity index (χ1) is 6.24. The first kappa shape index (κ1) is 10.1. The van der Waals surface area contributed by atoms with E-state index in [0.29, 0.717) is 0 Å². The molecule has 0 aliphatic rings. The molecule has 0 saturated carbocycles. The van der Waals surface area contributed by atoms with Crippen molar-refractivity contribution in [2.75, 3.05) is 18.8 Å². The van der Waals surface area contributed by atoms with E-state index in [-0.39, 0.29) is 0 Å². The van der Waals surface area contributed by atoms with Gasteiger partial charge in [-0.05, 0) is 49.7 Å². The zero-order valence-electron chi connectivity index (χ0n) is 8.43. The predicted molar refractivity (Wildman–Crippen MR) is 57.8 cm³/mol. The Morgan fingerprint density at radius 2 is 2.15 bits per heavy atom. The lowest BCUT2D eigenvalue weighted by molar-refractivity contribution is 0.715. The molecule has 0 unspecified atom stereocenters. The molecule has 0 aromatic heterocycles. The molecule has 2 heteroatoms. The summed E-state index contributed by atoms with van der Waals surface area (Å²) in [5, 5.41) is 3.30. The van der Waals surface area contributed by atoms with Crippen molar-refractivity contribution in [3.63, 3.8) is 0 Å². The van der Waals surface area contributed by atoms with Crippen molar-refractivity contribution in [1.29, 1.82) is 0 Å². The second-order valence-corrected chi connectivity index (χ2v) is 3.29. The Bertz CT molecular complexity index is 269. The van der Waals surface area contributed by atoms with Crippen molar-refractivity contribution >= 4 is 5.69 Å². The zero-order chi connectivity index (χ0) is 9.68. The van der Waals surface area contributed by atoms with Gasteiger partial charge in [0.15, 0.2) is 0 Å². The van der Waals surface area contributed by atoms with Gasteiger partial charge in [0, 0.05) is 5.69 Å². The molecule has 1 rings (SSSR count). The largest absolute Gasteiger partial charge is 0.399 e. The summed E-state index contributed by atoms with van der Waals surface area (Å²) in [7, 11) is 0. The number of aryl methyl sites for hydroxylation is 1. The molecule has 0 amide bonds. The van der Waals surface area contributed by atoms with Gasteiger partial charge in [0.25, 0.3) is 0 Å². The summed E-state index contributed by atoms with van der Waals surface area (Å²) in [6.07, 6.45) is 1.06. The number of likely N-dealkylation sites (N-methyl/N-ethyl adjacent to an activating group) is 1. The molecule has 0 aliphatic heterocycles. The van der Waals surface area contributed by atoms with Crippen LogP contribution in [0, 0.1) is 6.92 Å². The summed E-state index contributed by atoms with van der Waals surface area (Å²) in [5.74, 6) is 0. The highest BCUT2D eigenvalue weighted by molar-refractivity contribution is 5.44. The fourth-order valence-corrected chi connectivity index (χ4v) is 1.36. The van der Waals surface area contributed by atoms with E-state index in [2.05, 4.69) is 31.3 Å². The first-order valence-corrected chi connectivity index (χ1v) is 4.79. The number of nitrogens with two attached hydrogens (primary N) is 1. The average Bonchev–Trinajstić information content (AvgIpc) is 2.11. The van der Waals surface area contributed by atoms with Gasteiger partial charge in [0.05, 0.1) is 0 Å². The normalized spacial score (nSPS) is 10.3. The van der Waals surface area contributed by atoms with Crippen LogP contribution in [0.1, 0.15) is 18.1 Å². The highest BCUT2D eigenvalue weighted by atomic mass is 14.8.